The second-order valence-electron chi connectivity index (χ2n) is 7.74. The fraction of sp³-hybridized carbons (Fsp3) is 0.429. The normalized spacial score (nSPS) is 19.4. The Morgan fingerprint density at radius 1 is 1.32 bits per heavy atom. The number of carbonyl (C=O) groups is 2. The van der Waals surface area contributed by atoms with Crippen molar-refractivity contribution in [1.82, 2.24) is 9.80 Å². The number of piperidine rings is 1. The molecular formula is C21H22ClF3N2O3S. The summed E-state index contributed by atoms with van der Waals surface area (Å²) in [6.07, 6.45) is -5.22. The number of aryl methyl sites for hydroxylation is 1. The average molecular weight is 475 g/mol. The topological polar surface area (TPSA) is 60.9 Å². The summed E-state index contributed by atoms with van der Waals surface area (Å²) in [5.74, 6) is -0.986. The van der Waals surface area contributed by atoms with Gasteiger partial charge in [-0.2, -0.15) is 13.2 Å². The molecule has 1 aromatic carbocycles. The zero-order valence-corrected chi connectivity index (χ0v) is 18.5. The Kier molecular flexibility index (Phi) is 6.85. The third-order valence-corrected chi connectivity index (χ3v) is 6.89. The zero-order chi connectivity index (χ0) is 22.9. The Bertz CT molecular complexity index is 979. The van der Waals surface area contributed by atoms with Crippen LogP contribution in [0.15, 0.2) is 29.6 Å². The van der Waals surface area contributed by atoms with Crippen LogP contribution >= 0.6 is 22.9 Å². The summed E-state index contributed by atoms with van der Waals surface area (Å²) < 4.78 is 39.3. The first-order valence-electron chi connectivity index (χ1n) is 9.61. The molecule has 2 heterocycles. The van der Waals surface area contributed by atoms with Gasteiger partial charge in [-0.25, -0.2) is 4.79 Å². The van der Waals surface area contributed by atoms with Gasteiger partial charge < -0.3 is 14.9 Å². The predicted octanol–water partition coefficient (Wildman–Crippen LogP) is 5.47. The molecule has 31 heavy (non-hydrogen) atoms. The lowest BCUT2D eigenvalue weighted by atomic mass is 9.82. The summed E-state index contributed by atoms with van der Waals surface area (Å²) >= 11 is 7.34. The molecule has 0 bridgehead atoms. The van der Waals surface area contributed by atoms with Crippen molar-refractivity contribution < 1.29 is 27.9 Å². The fourth-order valence-corrected chi connectivity index (χ4v) is 5.34. The summed E-state index contributed by atoms with van der Waals surface area (Å²) in [5.41, 5.74) is 0.410. The highest BCUT2D eigenvalue weighted by molar-refractivity contribution is 7.10. The molecule has 1 aliphatic heterocycles. The number of halogens is 4. The molecule has 0 saturated carbocycles. The Balaban J connectivity index is 1.82. The second-order valence-corrected chi connectivity index (χ2v) is 9.12. The molecule has 10 heteroatoms. The van der Waals surface area contributed by atoms with Crippen molar-refractivity contribution in [2.45, 2.75) is 32.0 Å². The first kappa shape index (κ1) is 23.4. The minimum atomic E-state index is -4.53. The van der Waals surface area contributed by atoms with Crippen LogP contribution in [-0.2, 0) is 17.5 Å². The summed E-state index contributed by atoms with van der Waals surface area (Å²) in [7, 11) is 1.54. The molecule has 0 spiro atoms. The van der Waals surface area contributed by atoms with E-state index in [1.165, 1.54) is 27.2 Å². The minimum absolute atomic E-state index is 0.0300. The molecule has 1 saturated heterocycles. The highest BCUT2D eigenvalue weighted by atomic mass is 35.5. The van der Waals surface area contributed by atoms with Crippen molar-refractivity contribution in [1.29, 1.82) is 0 Å². The van der Waals surface area contributed by atoms with E-state index >= 15 is 0 Å². The predicted molar refractivity (Wildman–Crippen MR) is 112 cm³/mol. The van der Waals surface area contributed by atoms with Crippen LogP contribution < -0.4 is 0 Å². The number of carbonyl (C=O) groups excluding carboxylic acids is 1. The van der Waals surface area contributed by atoms with E-state index in [9.17, 15) is 27.9 Å². The van der Waals surface area contributed by atoms with Crippen LogP contribution in [-0.4, -0.2) is 47.0 Å². The van der Waals surface area contributed by atoms with Crippen LogP contribution in [0.3, 0.4) is 0 Å². The second kappa shape index (κ2) is 9.08. The molecule has 168 valence electrons. The quantitative estimate of drug-likeness (QED) is 0.639. The Hall–Kier alpha value is -2.26. The van der Waals surface area contributed by atoms with Crippen LogP contribution in [0.4, 0.5) is 18.0 Å². The largest absolute Gasteiger partial charge is 0.465 e. The molecule has 0 aliphatic carbocycles. The third kappa shape index (κ3) is 5.33. The molecule has 2 atom stereocenters. The summed E-state index contributed by atoms with van der Waals surface area (Å²) in [5, 5.41) is 11.3. The maximum atomic E-state index is 13.3. The van der Waals surface area contributed by atoms with Crippen LogP contribution in [0.25, 0.3) is 0 Å². The Labute approximate surface area is 187 Å². The van der Waals surface area contributed by atoms with Gasteiger partial charge in [-0.05, 0) is 54.1 Å². The molecule has 0 unspecified atom stereocenters. The van der Waals surface area contributed by atoms with Gasteiger partial charge in [-0.3, -0.25) is 4.79 Å². The van der Waals surface area contributed by atoms with E-state index in [1.54, 1.807) is 7.05 Å². The average Bonchev–Trinajstić information content (AvgIpc) is 3.11. The summed E-state index contributed by atoms with van der Waals surface area (Å²) in [4.78, 5) is 28.4. The van der Waals surface area contributed by atoms with E-state index in [0.717, 1.165) is 22.6 Å². The minimum Gasteiger partial charge on any atom is -0.465 e. The van der Waals surface area contributed by atoms with Gasteiger partial charge in [0.2, 0.25) is 5.91 Å². The van der Waals surface area contributed by atoms with Crippen molar-refractivity contribution in [2.24, 2.45) is 5.92 Å². The van der Waals surface area contributed by atoms with E-state index in [0.29, 0.717) is 6.42 Å². The maximum absolute atomic E-state index is 13.3. The number of hydrogen-bond donors (Lipinski definition) is 1. The van der Waals surface area contributed by atoms with Crippen molar-refractivity contribution >= 4 is 34.9 Å². The Morgan fingerprint density at radius 2 is 2.03 bits per heavy atom. The number of carboxylic acid groups (broad SMARTS) is 1. The number of alkyl halides is 3. The van der Waals surface area contributed by atoms with Crippen molar-refractivity contribution in [3.63, 3.8) is 0 Å². The van der Waals surface area contributed by atoms with Gasteiger partial charge >= 0.3 is 12.3 Å². The van der Waals surface area contributed by atoms with Gasteiger partial charge in [0.15, 0.2) is 0 Å². The lowest BCUT2D eigenvalue weighted by Crippen LogP contribution is -2.47. The molecule has 1 aromatic heterocycles. The zero-order valence-electron chi connectivity index (χ0n) is 16.9. The highest BCUT2D eigenvalue weighted by Crippen LogP contribution is 2.38. The fourth-order valence-electron chi connectivity index (χ4n) is 3.99. The first-order valence-corrected chi connectivity index (χ1v) is 10.9. The van der Waals surface area contributed by atoms with Gasteiger partial charge in [0.25, 0.3) is 0 Å². The van der Waals surface area contributed by atoms with E-state index in [1.807, 2.05) is 18.4 Å². The third-order valence-electron chi connectivity index (χ3n) is 5.52. The molecular weight excluding hydrogens is 453 g/mol. The number of thiophene rings is 1. The van der Waals surface area contributed by atoms with Gasteiger partial charge in [0, 0.05) is 48.4 Å². The molecule has 0 radical (unpaired) electrons. The number of benzene rings is 1. The molecule has 2 amide bonds. The van der Waals surface area contributed by atoms with E-state index in [-0.39, 0.29) is 42.0 Å². The number of likely N-dealkylation sites (tertiary alicyclic amines) is 1. The lowest BCUT2D eigenvalue weighted by molar-refractivity contribution is -0.137. The number of hydrogen-bond acceptors (Lipinski definition) is 3. The van der Waals surface area contributed by atoms with Crippen LogP contribution in [0.1, 0.15) is 33.9 Å². The SMILES string of the molecule is Cc1ccsc1[C@H]1CN(C(=O)O)CC[C@@H]1C(=O)N(C)Cc1cc(Cl)cc(C(F)(F)F)c1. The van der Waals surface area contributed by atoms with E-state index in [2.05, 4.69) is 0 Å². The molecule has 3 rings (SSSR count). The monoisotopic (exact) mass is 474 g/mol. The number of nitrogens with zero attached hydrogens (tertiary/aromatic N) is 2. The van der Waals surface area contributed by atoms with Gasteiger partial charge in [-0.1, -0.05) is 11.6 Å². The summed E-state index contributed by atoms with van der Waals surface area (Å²) in [6, 6.07) is 5.18. The van der Waals surface area contributed by atoms with E-state index in [4.69, 9.17) is 11.6 Å². The maximum Gasteiger partial charge on any atom is 0.416 e. The molecule has 1 fully saturated rings. The van der Waals surface area contributed by atoms with Crippen molar-refractivity contribution in [3.05, 3.63) is 56.2 Å². The standard InChI is InChI=1S/C21H22ClF3N2O3S/c1-12-4-6-31-18(12)17-11-27(20(29)30)5-3-16(17)19(28)26(2)10-13-7-14(21(23,24)25)9-15(22)8-13/h4,6-9,16-17H,3,5,10-11H2,1-2H3,(H,29,30)/t16-,17-/m0/s1. The first-order chi connectivity index (χ1) is 14.5. The van der Waals surface area contributed by atoms with Gasteiger partial charge in [-0.15, -0.1) is 11.3 Å². The van der Waals surface area contributed by atoms with E-state index < -0.39 is 23.8 Å². The molecule has 1 aliphatic rings. The molecule has 5 nitrogen and oxygen atoms in total. The smallest absolute Gasteiger partial charge is 0.416 e. The van der Waals surface area contributed by atoms with Crippen molar-refractivity contribution in [2.75, 3.05) is 20.1 Å². The lowest BCUT2D eigenvalue weighted by Gasteiger charge is -2.38. The number of rotatable bonds is 4. The molecule has 2 aromatic rings. The number of amides is 2. The highest BCUT2D eigenvalue weighted by Gasteiger charge is 2.39. The van der Waals surface area contributed by atoms with Crippen LogP contribution in [0.5, 0.6) is 0 Å². The van der Waals surface area contributed by atoms with Crippen LogP contribution in [0.2, 0.25) is 5.02 Å². The van der Waals surface area contributed by atoms with Gasteiger partial charge in [0.1, 0.15) is 0 Å². The van der Waals surface area contributed by atoms with Crippen LogP contribution in [0, 0.1) is 12.8 Å². The van der Waals surface area contributed by atoms with Crippen molar-refractivity contribution in [3.8, 4) is 0 Å². The molecule has 1 N–H and O–H groups in total. The summed E-state index contributed by atoms with van der Waals surface area (Å²) in [6.45, 7) is 2.32. The Morgan fingerprint density at radius 3 is 2.61 bits per heavy atom. The van der Waals surface area contributed by atoms with Gasteiger partial charge in [0.05, 0.1) is 5.56 Å².